The van der Waals surface area contributed by atoms with Crippen molar-refractivity contribution in [1.29, 1.82) is 0 Å². The number of fused-ring (bicyclic) bond motifs is 1. The summed E-state index contributed by atoms with van der Waals surface area (Å²) in [4.78, 5) is 12.8. The lowest BCUT2D eigenvalue weighted by Crippen LogP contribution is -2.01. The zero-order valence-electron chi connectivity index (χ0n) is 10.8. The van der Waals surface area contributed by atoms with Crippen LogP contribution < -0.4 is 4.74 Å². The molecule has 5 nitrogen and oxygen atoms in total. The van der Waals surface area contributed by atoms with Crippen LogP contribution in [0.25, 0.3) is 16.9 Å². The highest BCUT2D eigenvalue weighted by molar-refractivity contribution is 9.10. The van der Waals surface area contributed by atoms with Gasteiger partial charge in [-0.2, -0.15) is 4.98 Å². The Morgan fingerprint density at radius 3 is 2.81 bits per heavy atom. The summed E-state index contributed by atoms with van der Waals surface area (Å²) >= 11 is 15.7. The minimum atomic E-state index is 0.214. The topological polar surface area (TPSA) is 52.8 Å². The summed E-state index contributed by atoms with van der Waals surface area (Å²) < 4.78 is 7.91. The second-order valence-electron chi connectivity index (χ2n) is 4.15. The molecule has 1 aromatic carbocycles. The molecule has 0 N–H and O–H groups in total. The van der Waals surface area contributed by atoms with E-state index in [4.69, 9.17) is 27.9 Å². The lowest BCUT2D eigenvalue weighted by Gasteiger charge is -2.09. The third-order valence-corrected chi connectivity index (χ3v) is 3.98. The highest BCUT2D eigenvalue weighted by Crippen LogP contribution is 2.31. The smallest absolute Gasteiger partial charge is 0.245 e. The largest absolute Gasteiger partial charge is 0.479 e. The van der Waals surface area contributed by atoms with Crippen LogP contribution >= 0.6 is 39.1 Å². The molecule has 0 aliphatic carbocycles. The molecule has 0 spiro atoms. The van der Waals surface area contributed by atoms with Crippen molar-refractivity contribution in [1.82, 2.24) is 19.5 Å². The highest BCUT2D eigenvalue weighted by atomic mass is 79.9. The van der Waals surface area contributed by atoms with Gasteiger partial charge in [-0.05, 0) is 18.2 Å². The Kier molecular flexibility index (Phi) is 4.01. The third kappa shape index (κ3) is 2.47. The van der Waals surface area contributed by atoms with Crippen LogP contribution in [0, 0.1) is 0 Å². The number of hydrogen-bond acceptors (Lipinski definition) is 4. The van der Waals surface area contributed by atoms with Gasteiger partial charge in [0.1, 0.15) is 12.2 Å². The zero-order chi connectivity index (χ0) is 15.0. The summed E-state index contributed by atoms with van der Waals surface area (Å²) in [5, 5.41) is 0.563. The van der Waals surface area contributed by atoms with Crippen LogP contribution in [0.2, 0.25) is 5.02 Å². The van der Waals surface area contributed by atoms with Crippen LogP contribution in [-0.4, -0.2) is 26.6 Å². The molecule has 0 unspecified atom stereocenters. The van der Waals surface area contributed by atoms with Crippen molar-refractivity contribution >= 4 is 50.3 Å². The van der Waals surface area contributed by atoms with Crippen molar-refractivity contribution in [3.63, 3.8) is 0 Å². The SMILES string of the molecule is COc1ncnc2c1nc(CCl)n2-c1ccc(Br)cc1Cl. The van der Waals surface area contributed by atoms with Crippen LogP contribution in [0.3, 0.4) is 0 Å². The maximum Gasteiger partial charge on any atom is 0.245 e. The first-order valence-corrected chi connectivity index (χ1v) is 7.64. The minimum absolute atomic E-state index is 0.214. The van der Waals surface area contributed by atoms with E-state index in [2.05, 4.69) is 30.9 Å². The van der Waals surface area contributed by atoms with E-state index in [1.165, 1.54) is 13.4 Å². The maximum absolute atomic E-state index is 6.33. The molecule has 0 bridgehead atoms. The van der Waals surface area contributed by atoms with Gasteiger partial charge in [0.05, 0.1) is 23.7 Å². The molecule has 2 heterocycles. The Morgan fingerprint density at radius 2 is 2.14 bits per heavy atom. The highest BCUT2D eigenvalue weighted by Gasteiger charge is 2.18. The summed E-state index contributed by atoms with van der Waals surface area (Å²) in [5.74, 6) is 1.24. The molecule has 0 saturated carbocycles. The Labute approximate surface area is 139 Å². The molecule has 3 rings (SSSR count). The van der Waals surface area contributed by atoms with Gasteiger partial charge in [-0.1, -0.05) is 27.5 Å². The number of rotatable bonds is 3. The number of halogens is 3. The van der Waals surface area contributed by atoms with E-state index in [9.17, 15) is 0 Å². The van der Waals surface area contributed by atoms with E-state index in [-0.39, 0.29) is 5.88 Å². The first-order chi connectivity index (χ1) is 10.2. The van der Waals surface area contributed by atoms with Gasteiger partial charge in [0.2, 0.25) is 5.88 Å². The van der Waals surface area contributed by atoms with Gasteiger partial charge in [0.25, 0.3) is 0 Å². The van der Waals surface area contributed by atoms with Crippen LogP contribution in [0.5, 0.6) is 5.88 Å². The molecule has 108 valence electrons. The fourth-order valence-corrected chi connectivity index (χ4v) is 3.01. The summed E-state index contributed by atoms with van der Waals surface area (Å²) in [5.41, 5.74) is 1.90. The van der Waals surface area contributed by atoms with E-state index in [0.717, 1.165) is 10.2 Å². The molecule has 3 aromatic rings. The summed E-state index contributed by atoms with van der Waals surface area (Å²) in [6.45, 7) is 0. The Hall–Kier alpha value is -1.37. The number of ether oxygens (including phenoxy) is 1. The normalized spacial score (nSPS) is 11.0. The molecule has 0 aliphatic heterocycles. The molecular formula is C13H9BrCl2N4O. The predicted octanol–water partition coefficient (Wildman–Crippen LogP) is 3.98. The lowest BCUT2D eigenvalue weighted by molar-refractivity contribution is 0.401. The third-order valence-electron chi connectivity index (χ3n) is 2.94. The fraction of sp³-hybridized carbons (Fsp3) is 0.154. The number of benzene rings is 1. The summed E-state index contributed by atoms with van der Waals surface area (Å²) in [6, 6.07) is 5.57. The van der Waals surface area contributed by atoms with Crippen LogP contribution in [-0.2, 0) is 5.88 Å². The van der Waals surface area contributed by atoms with Crippen LogP contribution in [0.15, 0.2) is 29.0 Å². The average Bonchev–Trinajstić information content (AvgIpc) is 2.85. The van der Waals surface area contributed by atoms with Gasteiger partial charge in [0, 0.05) is 4.47 Å². The van der Waals surface area contributed by atoms with Gasteiger partial charge in [-0.25, -0.2) is 9.97 Å². The Balaban J connectivity index is 2.35. The maximum atomic E-state index is 6.33. The predicted molar refractivity (Wildman–Crippen MR) is 85.5 cm³/mol. The number of hydrogen-bond donors (Lipinski definition) is 0. The van der Waals surface area contributed by atoms with Gasteiger partial charge in [-0.15, -0.1) is 11.6 Å². The molecule has 0 atom stereocenters. The Bertz CT molecular complexity index is 821. The quantitative estimate of drug-likeness (QED) is 0.638. The fourth-order valence-electron chi connectivity index (χ4n) is 2.07. The first kappa shape index (κ1) is 14.6. The van der Waals surface area contributed by atoms with E-state index in [0.29, 0.717) is 27.9 Å². The number of alkyl halides is 1. The number of imidazole rings is 1. The van der Waals surface area contributed by atoms with Gasteiger partial charge < -0.3 is 4.74 Å². The van der Waals surface area contributed by atoms with Gasteiger partial charge >= 0.3 is 0 Å². The summed E-state index contributed by atoms with van der Waals surface area (Å²) in [6.07, 6.45) is 1.42. The van der Waals surface area contributed by atoms with Crippen molar-refractivity contribution in [3.8, 4) is 11.6 Å². The van der Waals surface area contributed by atoms with E-state index in [1.54, 1.807) is 10.6 Å². The van der Waals surface area contributed by atoms with E-state index in [1.807, 2.05) is 12.1 Å². The van der Waals surface area contributed by atoms with Crippen molar-refractivity contribution in [2.24, 2.45) is 0 Å². The molecule has 2 aromatic heterocycles. The van der Waals surface area contributed by atoms with Crippen LogP contribution in [0.1, 0.15) is 5.82 Å². The van der Waals surface area contributed by atoms with Crippen molar-refractivity contribution in [3.05, 3.63) is 39.8 Å². The average molecular weight is 388 g/mol. The van der Waals surface area contributed by atoms with Crippen molar-refractivity contribution < 1.29 is 4.74 Å². The summed E-state index contributed by atoms with van der Waals surface area (Å²) in [7, 11) is 1.54. The van der Waals surface area contributed by atoms with Crippen LogP contribution in [0.4, 0.5) is 0 Å². The number of methoxy groups -OCH3 is 1. The van der Waals surface area contributed by atoms with Gasteiger partial charge in [0.15, 0.2) is 11.2 Å². The molecule has 8 heteroatoms. The second kappa shape index (κ2) is 5.79. The molecule has 0 aliphatic rings. The number of nitrogens with zero attached hydrogens (tertiary/aromatic N) is 4. The molecule has 0 radical (unpaired) electrons. The van der Waals surface area contributed by atoms with Gasteiger partial charge in [-0.3, -0.25) is 4.57 Å². The molecule has 0 saturated heterocycles. The standard InChI is InChI=1S/C13H9BrCl2N4O/c1-21-13-11-12(17-6-18-13)20(10(5-15)19-11)9-3-2-7(14)4-8(9)16/h2-4,6H,5H2,1H3. The monoisotopic (exact) mass is 386 g/mol. The van der Waals surface area contributed by atoms with E-state index < -0.39 is 0 Å². The van der Waals surface area contributed by atoms with E-state index >= 15 is 0 Å². The first-order valence-electron chi connectivity index (χ1n) is 5.93. The zero-order valence-corrected chi connectivity index (χ0v) is 13.9. The second-order valence-corrected chi connectivity index (χ2v) is 5.74. The Morgan fingerprint density at radius 1 is 1.33 bits per heavy atom. The lowest BCUT2D eigenvalue weighted by atomic mass is 10.3. The molecular weight excluding hydrogens is 379 g/mol. The van der Waals surface area contributed by atoms with Crippen molar-refractivity contribution in [2.75, 3.05) is 7.11 Å². The molecule has 0 amide bonds. The minimum Gasteiger partial charge on any atom is -0.479 e. The number of aromatic nitrogens is 4. The van der Waals surface area contributed by atoms with Crippen molar-refractivity contribution in [2.45, 2.75) is 5.88 Å². The molecule has 0 fully saturated rings. The molecule has 21 heavy (non-hydrogen) atoms.